The molecule has 0 atom stereocenters. The molecule has 80 valence electrons. The van der Waals surface area contributed by atoms with Crippen LogP contribution >= 0.6 is 0 Å². The van der Waals surface area contributed by atoms with Crippen LogP contribution in [0.3, 0.4) is 0 Å². The van der Waals surface area contributed by atoms with E-state index >= 15 is 0 Å². The molecule has 0 spiro atoms. The lowest BCUT2D eigenvalue weighted by atomic mass is 10.2. The molecule has 0 bridgehead atoms. The zero-order valence-corrected chi connectivity index (χ0v) is 9.10. The quantitative estimate of drug-likeness (QED) is 0.605. The number of nitrogens with one attached hydrogen (secondary N) is 1. The van der Waals surface area contributed by atoms with Crippen LogP contribution in [0.25, 0.3) is 6.08 Å². The fraction of sp³-hybridized carbons (Fsp3) is 0.250. The number of nitrogens with zero attached hydrogens (tertiary/aromatic N) is 1. The van der Waals surface area contributed by atoms with E-state index in [0.29, 0.717) is 6.61 Å². The van der Waals surface area contributed by atoms with Crippen molar-refractivity contribution in [1.82, 2.24) is 4.90 Å². The van der Waals surface area contributed by atoms with Gasteiger partial charge in [0.25, 0.3) is 6.02 Å². The summed E-state index contributed by atoms with van der Waals surface area (Å²) >= 11 is 0. The maximum Gasteiger partial charge on any atom is 0.284 e. The van der Waals surface area contributed by atoms with Gasteiger partial charge < -0.3 is 9.64 Å². The number of amidine groups is 1. The Balaban J connectivity index is 2.32. The molecule has 0 saturated carbocycles. The number of hydrogen-bond acceptors (Lipinski definition) is 2. The van der Waals surface area contributed by atoms with Crippen LogP contribution in [0.15, 0.2) is 36.4 Å². The van der Waals surface area contributed by atoms with Gasteiger partial charge in [-0.2, -0.15) is 0 Å². The molecule has 0 fully saturated rings. The summed E-state index contributed by atoms with van der Waals surface area (Å²) in [5.74, 6) is 0. The molecule has 3 heteroatoms. The molecule has 15 heavy (non-hydrogen) atoms. The van der Waals surface area contributed by atoms with Crippen molar-refractivity contribution in [3.63, 3.8) is 0 Å². The summed E-state index contributed by atoms with van der Waals surface area (Å²) < 4.78 is 5.15. The summed E-state index contributed by atoms with van der Waals surface area (Å²) in [7, 11) is 3.56. The second-order valence-electron chi connectivity index (χ2n) is 3.32. The maximum atomic E-state index is 7.40. The fourth-order valence-electron chi connectivity index (χ4n) is 1.00. The van der Waals surface area contributed by atoms with E-state index < -0.39 is 0 Å². The number of rotatable bonds is 3. The molecule has 0 aliphatic rings. The lowest BCUT2D eigenvalue weighted by molar-refractivity contribution is 0.288. The van der Waals surface area contributed by atoms with Crippen molar-refractivity contribution in [2.75, 3.05) is 20.7 Å². The minimum absolute atomic E-state index is 0.174. The SMILES string of the molecule is CN(C)C(=N)OC/C=C/c1ccccc1. The van der Waals surface area contributed by atoms with Gasteiger partial charge in [-0.3, -0.25) is 5.41 Å². The van der Waals surface area contributed by atoms with Gasteiger partial charge in [-0.05, 0) is 11.6 Å². The summed E-state index contributed by atoms with van der Waals surface area (Å²) in [5, 5.41) is 7.40. The third-order valence-electron chi connectivity index (χ3n) is 1.83. The Bertz CT molecular complexity index is 331. The van der Waals surface area contributed by atoms with Gasteiger partial charge in [0.1, 0.15) is 6.61 Å². The Hall–Kier alpha value is -1.77. The topological polar surface area (TPSA) is 36.3 Å². The van der Waals surface area contributed by atoms with Crippen molar-refractivity contribution in [1.29, 1.82) is 5.41 Å². The summed E-state index contributed by atoms with van der Waals surface area (Å²) in [6.07, 6.45) is 3.87. The number of hydrogen-bond donors (Lipinski definition) is 1. The smallest absolute Gasteiger partial charge is 0.284 e. The third kappa shape index (κ3) is 4.31. The van der Waals surface area contributed by atoms with E-state index in [1.54, 1.807) is 19.0 Å². The average molecular weight is 204 g/mol. The third-order valence-corrected chi connectivity index (χ3v) is 1.83. The molecule has 1 aromatic rings. The Labute approximate surface area is 90.5 Å². The Kier molecular flexibility index (Phi) is 4.41. The maximum absolute atomic E-state index is 7.40. The molecule has 1 N–H and O–H groups in total. The highest BCUT2D eigenvalue weighted by Gasteiger charge is 1.96. The Morgan fingerprint density at radius 3 is 2.60 bits per heavy atom. The van der Waals surface area contributed by atoms with Gasteiger partial charge in [-0.1, -0.05) is 36.4 Å². The summed E-state index contributed by atoms with van der Waals surface area (Å²) in [5.41, 5.74) is 1.14. The number of benzene rings is 1. The lowest BCUT2D eigenvalue weighted by Crippen LogP contribution is -2.23. The van der Waals surface area contributed by atoms with Crippen LogP contribution in [-0.4, -0.2) is 31.6 Å². The first-order valence-corrected chi connectivity index (χ1v) is 4.80. The van der Waals surface area contributed by atoms with Crippen molar-refractivity contribution >= 4 is 12.1 Å². The lowest BCUT2D eigenvalue weighted by Gasteiger charge is -2.12. The summed E-state index contributed by atoms with van der Waals surface area (Å²) in [6.45, 7) is 0.423. The normalized spacial score (nSPS) is 10.3. The van der Waals surface area contributed by atoms with Crippen LogP contribution in [0, 0.1) is 5.41 Å². The van der Waals surface area contributed by atoms with Crippen molar-refractivity contribution < 1.29 is 4.74 Å². The van der Waals surface area contributed by atoms with Crippen LogP contribution in [0.5, 0.6) is 0 Å². The molecular weight excluding hydrogens is 188 g/mol. The molecule has 0 saturated heterocycles. The van der Waals surface area contributed by atoms with E-state index in [0.717, 1.165) is 5.56 Å². The van der Waals surface area contributed by atoms with Crippen LogP contribution in [0.4, 0.5) is 0 Å². The van der Waals surface area contributed by atoms with E-state index in [-0.39, 0.29) is 6.02 Å². The first kappa shape index (κ1) is 11.3. The molecule has 0 aliphatic carbocycles. The largest absolute Gasteiger partial charge is 0.461 e. The van der Waals surface area contributed by atoms with Gasteiger partial charge in [0, 0.05) is 14.1 Å². The zero-order valence-electron chi connectivity index (χ0n) is 9.10. The van der Waals surface area contributed by atoms with E-state index in [1.165, 1.54) is 0 Å². The standard InChI is InChI=1S/C12H16N2O/c1-14(2)12(13)15-10-6-9-11-7-4-3-5-8-11/h3-9,13H,10H2,1-2H3/b9-6+,13-12?. The van der Waals surface area contributed by atoms with Crippen molar-refractivity contribution in [2.45, 2.75) is 0 Å². The molecule has 0 amide bonds. The molecule has 0 radical (unpaired) electrons. The molecule has 1 rings (SSSR count). The molecule has 1 aromatic carbocycles. The predicted molar refractivity (Wildman–Crippen MR) is 62.8 cm³/mol. The number of ether oxygens (including phenoxy) is 1. The van der Waals surface area contributed by atoms with Crippen LogP contribution in [-0.2, 0) is 4.74 Å². The van der Waals surface area contributed by atoms with E-state index in [2.05, 4.69) is 0 Å². The average Bonchev–Trinajstić information content (AvgIpc) is 2.25. The van der Waals surface area contributed by atoms with Crippen LogP contribution < -0.4 is 0 Å². The summed E-state index contributed by atoms with van der Waals surface area (Å²) in [4.78, 5) is 1.62. The minimum Gasteiger partial charge on any atom is -0.461 e. The predicted octanol–water partition coefficient (Wildman–Crippen LogP) is 2.21. The van der Waals surface area contributed by atoms with Crippen molar-refractivity contribution in [2.24, 2.45) is 0 Å². The highest BCUT2D eigenvalue weighted by Crippen LogP contribution is 2.00. The molecular formula is C12H16N2O. The second-order valence-corrected chi connectivity index (χ2v) is 3.32. The van der Waals surface area contributed by atoms with Gasteiger partial charge in [0.15, 0.2) is 0 Å². The van der Waals surface area contributed by atoms with Gasteiger partial charge >= 0.3 is 0 Å². The molecule has 0 heterocycles. The van der Waals surface area contributed by atoms with E-state index in [9.17, 15) is 0 Å². The van der Waals surface area contributed by atoms with Gasteiger partial charge in [0.2, 0.25) is 0 Å². The molecule has 0 unspecified atom stereocenters. The fourth-order valence-corrected chi connectivity index (χ4v) is 1.00. The van der Waals surface area contributed by atoms with E-state index in [4.69, 9.17) is 10.1 Å². The molecule has 3 nitrogen and oxygen atoms in total. The Morgan fingerprint density at radius 1 is 1.33 bits per heavy atom. The highest BCUT2D eigenvalue weighted by atomic mass is 16.5. The van der Waals surface area contributed by atoms with Gasteiger partial charge in [-0.25, -0.2) is 0 Å². The van der Waals surface area contributed by atoms with Crippen LogP contribution in [0.1, 0.15) is 5.56 Å². The van der Waals surface area contributed by atoms with Crippen LogP contribution in [0.2, 0.25) is 0 Å². The Morgan fingerprint density at radius 2 is 2.00 bits per heavy atom. The molecule has 0 aromatic heterocycles. The first-order chi connectivity index (χ1) is 7.20. The van der Waals surface area contributed by atoms with Gasteiger partial charge in [-0.15, -0.1) is 0 Å². The van der Waals surface area contributed by atoms with Crippen molar-refractivity contribution in [3.8, 4) is 0 Å². The highest BCUT2D eigenvalue weighted by molar-refractivity contribution is 5.69. The zero-order chi connectivity index (χ0) is 11.1. The van der Waals surface area contributed by atoms with Crippen molar-refractivity contribution in [3.05, 3.63) is 42.0 Å². The monoisotopic (exact) mass is 204 g/mol. The summed E-state index contributed by atoms with van der Waals surface area (Å²) in [6, 6.07) is 10.2. The second kappa shape index (κ2) is 5.86. The molecule has 0 aliphatic heterocycles. The first-order valence-electron chi connectivity index (χ1n) is 4.80. The minimum atomic E-state index is 0.174. The van der Waals surface area contributed by atoms with E-state index in [1.807, 2.05) is 42.5 Å². The van der Waals surface area contributed by atoms with Gasteiger partial charge in [0.05, 0.1) is 0 Å².